The van der Waals surface area contributed by atoms with Crippen molar-refractivity contribution in [1.82, 2.24) is 0 Å². The molecule has 2 aliphatic heterocycles. The van der Waals surface area contributed by atoms with E-state index >= 15 is 0 Å². The first-order valence-electron chi connectivity index (χ1n) is 22.5. The molecule has 4 aliphatic rings. The van der Waals surface area contributed by atoms with Crippen LogP contribution in [0.1, 0.15) is 107 Å². The van der Waals surface area contributed by atoms with Gasteiger partial charge in [0.25, 0.3) is 0 Å². The summed E-state index contributed by atoms with van der Waals surface area (Å²) in [5.41, 5.74) is 2.11. The molecule has 2 heterocycles. The smallest absolute Gasteiger partial charge is 0.158 e. The highest BCUT2D eigenvalue weighted by molar-refractivity contribution is 5.19. The molecule has 2 saturated heterocycles. The van der Waals surface area contributed by atoms with Gasteiger partial charge in [-0.3, -0.25) is 0 Å². The molecule has 0 amide bonds. The monoisotopic (exact) mass is 819 g/mol. The van der Waals surface area contributed by atoms with E-state index in [4.69, 9.17) is 37.9 Å². The van der Waals surface area contributed by atoms with E-state index in [0.29, 0.717) is 48.7 Å². The number of allylic oxidation sites excluding steroid dienone is 4. The Labute approximate surface area is 352 Å². The van der Waals surface area contributed by atoms with Gasteiger partial charge in [-0.1, -0.05) is 78.0 Å². The molecule has 0 radical (unpaired) electrons. The lowest BCUT2D eigenvalue weighted by Gasteiger charge is -2.37. The Bertz CT molecular complexity index is 1310. The first-order valence-corrected chi connectivity index (χ1v) is 22.5. The average molecular weight is 819 g/mol. The van der Waals surface area contributed by atoms with Crippen molar-refractivity contribution in [2.24, 2.45) is 47.3 Å². The van der Waals surface area contributed by atoms with Crippen LogP contribution in [-0.4, -0.2) is 113 Å². The van der Waals surface area contributed by atoms with Gasteiger partial charge in [0.05, 0.1) is 49.8 Å². The maximum absolute atomic E-state index is 11.1. The van der Waals surface area contributed by atoms with Crippen LogP contribution in [0.2, 0.25) is 0 Å². The third kappa shape index (κ3) is 13.5. The van der Waals surface area contributed by atoms with Crippen LogP contribution < -0.4 is 0 Å². The number of hydrogen-bond acceptors (Lipinski definition) is 10. The summed E-state index contributed by atoms with van der Waals surface area (Å²) < 4.78 is 48.2. The minimum Gasteiger partial charge on any atom is -0.392 e. The third-order valence-electron chi connectivity index (χ3n) is 14.0. The maximum Gasteiger partial charge on any atom is 0.158 e. The standard InChI is InChI=1S/C48H82O10/c1-13-39(51-9)33(7)35-27-37(35)45(49)29(3)17-15-19-31(5)47-41(53-11)21-24-44(58-47)56-26-25-55-42-22-23-43(54-12)57-48(42)32(6)20-16-18-30(4)46(50)38-28-36(38)34(8)40(14-2)52-10/h15-20,29-30,33-50H,13-14,21-28H2,1-12H3/b17-15+,18-16+,31-19+,32-20+/t29-,30-,33-,34-,35?,36+,37?,38?,39-,40-,41-,42+,43+,44+,45+,46+,47-,48-/m0/s1. The summed E-state index contributed by atoms with van der Waals surface area (Å²) in [6.07, 6.45) is 18.1. The number of methoxy groups -OCH3 is 4. The van der Waals surface area contributed by atoms with Crippen LogP contribution in [0.4, 0.5) is 0 Å². The molecule has 0 aromatic carbocycles. The Balaban J connectivity index is 1.24. The fraction of sp³-hybridized carbons (Fsp3) is 0.833. The molecule has 0 spiro atoms. The summed E-state index contributed by atoms with van der Waals surface area (Å²) in [5, 5.41) is 22.2. The molecular weight excluding hydrogens is 737 g/mol. The molecule has 58 heavy (non-hydrogen) atoms. The van der Waals surface area contributed by atoms with E-state index in [9.17, 15) is 10.2 Å². The zero-order chi connectivity index (χ0) is 42.5. The fourth-order valence-electron chi connectivity index (χ4n) is 9.92. The first kappa shape index (κ1) is 49.2. The second kappa shape index (κ2) is 24.3. The lowest BCUT2D eigenvalue weighted by Crippen LogP contribution is -2.43. The molecule has 0 aromatic rings. The normalized spacial score (nSPS) is 35.1. The summed E-state index contributed by atoms with van der Waals surface area (Å²) in [6.45, 7) is 18.0. The quantitative estimate of drug-likeness (QED) is 0.0688. The van der Waals surface area contributed by atoms with Gasteiger partial charge < -0.3 is 48.1 Å². The van der Waals surface area contributed by atoms with E-state index in [-0.39, 0.29) is 73.2 Å². The summed E-state index contributed by atoms with van der Waals surface area (Å²) in [4.78, 5) is 0. The van der Waals surface area contributed by atoms with E-state index < -0.39 is 0 Å². The molecule has 0 bridgehead atoms. The predicted octanol–water partition coefficient (Wildman–Crippen LogP) is 8.45. The molecular formula is C48H82O10. The van der Waals surface area contributed by atoms with Crippen molar-refractivity contribution in [2.45, 2.75) is 168 Å². The van der Waals surface area contributed by atoms with Gasteiger partial charge in [0.15, 0.2) is 12.6 Å². The van der Waals surface area contributed by atoms with Gasteiger partial charge in [0.1, 0.15) is 12.2 Å². The number of ether oxygens (including phenoxy) is 8. The Morgan fingerprint density at radius 2 is 1.05 bits per heavy atom. The highest BCUT2D eigenvalue weighted by Gasteiger charge is 2.49. The zero-order valence-electron chi connectivity index (χ0n) is 38.1. The Kier molecular flexibility index (Phi) is 20.6. The zero-order valence-corrected chi connectivity index (χ0v) is 38.1. The topological polar surface area (TPSA) is 114 Å². The highest BCUT2D eigenvalue weighted by Crippen LogP contribution is 2.51. The second-order valence-electron chi connectivity index (χ2n) is 17.9. The summed E-state index contributed by atoms with van der Waals surface area (Å²) in [7, 11) is 7.00. The number of aliphatic hydroxyl groups is 2. The van der Waals surface area contributed by atoms with E-state index in [0.717, 1.165) is 62.5 Å². The van der Waals surface area contributed by atoms with E-state index in [1.165, 1.54) is 0 Å². The van der Waals surface area contributed by atoms with Crippen molar-refractivity contribution in [2.75, 3.05) is 41.7 Å². The summed E-state index contributed by atoms with van der Waals surface area (Å²) in [5.74, 6) is 2.67. The number of aliphatic hydroxyl groups excluding tert-OH is 2. The minimum atomic E-state index is -0.369. The van der Waals surface area contributed by atoms with Gasteiger partial charge in [0, 0.05) is 53.1 Å². The van der Waals surface area contributed by atoms with Crippen LogP contribution >= 0.6 is 0 Å². The largest absolute Gasteiger partial charge is 0.392 e. The van der Waals surface area contributed by atoms with E-state index in [1.807, 2.05) is 12.2 Å². The number of hydrogen-bond donors (Lipinski definition) is 2. The lowest BCUT2D eigenvalue weighted by atomic mass is 9.91. The third-order valence-corrected chi connectivity index (χ3v) is 14.0. The van der Waals surface area contributed by atoms with Crippen LogP contribution in [0.15, 0.2) is 47.6 Å². The van der Waals surface area contributed by atoms with E-state index in [2.05, 4.69) is 79.7 Å². The molecule has 2 aliphatic carbocycles. The molecule has 10 nitrogen and oxygen atoms in total. The van der Waals surface area contributed by atoms with Gasteiger partial charge in [-0.05, 0) is 99.0 Å². The van der Waals surface area contributed by atoms with Crippen molar-refractivity contribution >= 4 is 0 Å². The van der Waals surface area contributed by atoms with Crippen LogP contribution in [0.3, 0.4) is 0 Å². The molecule has 4 rings (SSSR count). The molecule has 334 valence electrons. The number of rotatable bonds is 25. The molecule has 0 aromatic heterocycles. The van der Waals surface area contributed by atoms with Gasteiger partial charge in [0.2, 0.25) is 0 Å². The van der Waals surface area contributed by atoms with Gasteiger partial charge in [-0.25, -0.2) is 0 Å². The molecule has 3 unspecified atom stereocenters. The molecule has 4 fully saturated rings. The lowest BCUT2D eigenvalue weighted by molar-refractivity contribution is -0.231. The Hall–Kier alpha value is -1.44. The molecule has 2 saturated carbocycles. The van der Waals surface area contributed by atoms with Crippen molar-refractivity contribution in [3.63, 3.8) is 0 Å². The van der Waals surface area contributed by atoms with Crippen LogP contribution in [-0.2, 0) is 37.9 Å². The molecule has 10 heteroatoms. The fourth-order valence-corrected chi connectivity index (χ4v) is 9.92. The average Bonchev–Trinajstić information content (AvgIpc) is 4.18. The Morgan fingerprint density at radius 1 is 0.603 bits per heavy atom. The SMILES string of the molecule is CC[C@H](OC)[C@@H](C)[C@H]1CC1[C@H](O)[C@@H](C)/C=C/C=C(\C)[C@@H]1O[C@@H](OC)CC[C@H]1OCCO[C@H]1CC[C@H](OC)[C@H](/C(C)=C/C=C/[C@H](C)[C@@H](O)C2CC2[C@H](C)[C@H](CC)OC)O1. The van der Waals surface area contributed by atoms with Crippen LogP contribution in [0, 0.1) is 47.3 Å². The van der Waals surface area contributed by atoms with Crippen LogP contribution in [0.25, 0.3) is 0 Å². The van der Waals surface area contributed by atoms with Crippen molar-refractivity contribution in [3.05, 3.63) is 47.6 Å². The highest BCUT2D eigenvalue weighted by atomic mass is 16.7. The van der Waals surface area contributed by atoms with Crippen LogP contribution in [0.5, 0.6) is 0 Å². The van der Waals surface area contributed by atoms with Crippen molar-refractivity contribution in [3.8, 4) is 0 Å². The summed E-state index contributed by atoms with van der Waals surface area (Å²) in [6, 6.07) is 0. The van der Waals surface area contributed by atoms with Crippen molar-refractivity contribution in [1.29, 1.82) is 0 Å². The van der Waals surface area contributed by atoms with Crippen molar-refractivity contribution < 1.29 is 48.1 Å². The minimum absolute atomic E-state index is 0.0428. The Morgan fingerprint density at radius 3 is 1.52 bits per heavy atom. The molecule has 2 N–H and O–H groups in total. The first-order chi connectivity index (χ1) is 27.8. The molecule has 18 atom stereocenters. The predicted molar refractivity (Wildman–Crippen MR) is 229 cm³/mol. The van der Waals surface area contributed by atoms with E-state index in [1.54, 1.807) is 28.4 Å². The summed E-state index contributed by atoms with van der Waals surface area (Å²) >= 11 is 0. The maximum atomic E-state index is 11.1. The van der Waals surface area contributed by atoms with Gasteiger partial charge in [-0.15, -0.1) is 0 Å². The van der Waals surface area contributed by atoms with Gasteiger partial charge >= 0.3 is 0 Å². The second-order valence-corrected chi connectivity index (χ2v) is 17.9. The van der Waals surface area contributed by atoms with Gasteiger partial charge in [-0.2, -0.15) is 0 Å².